The third kappa shape index (κ3) is 1.70. The van der Waals surface area contributed by atoms with Gasteiger partial charge in [-0.3, -0.25) is 4.79 Å². The summed E-state index contributed by atoms with van der Waals surface area (Å²) in [5, 5.41) is 17.9. The van der Waals surface area contributed by atoms with E-state index >= 15 is 0 Å². The molecule has 1 aliphatic rings. The molecule has 1 aromatic rings. The standard InChI is InChI=1S/C10H11BFNO3/c1-6(14)13-3-2-7-4-8(11(15)16)5-9(12)10(7)13/h4-5,15-16H,2-3H2,1H3. The molecule has 1 aliphatic heterocycles. The lowest BCUT2D eigenvalue weighted by molar-refractivity contribution is -0.116. The van der Waals surface area contributed by atoms with Crippen LogP contribution < -0.4 is 10.4 Å². The van der Waals surface area contributed by atoms with Crippen molar-refractivity contribution in [3.05, 3.63) is 23.5 Å². The lowest BCUT2D eigenvalue weighted by atomic mass is 9.79. The highest BCUT2D eigenvalue weighted by Gasteiger charge is 2.27. The molecule has 2 rings (SSSR count). The molecule has 84 valence electrons. The van der Waals surface area contributed by atoms with Gasteiger partial charge in [0.15, 0.2) is 0 Å². The molecular weight excluding hydrogens is 212 g/mol. The molecule has 0 bridgehead atoms. The Hall–Kier alpha value is -1.40. The monoisotopic (exact) mass is 223 g/mol. The van der Waals surface area contributed by atoms with Gasteiger partial charge in [0.05, 0.1) is 5.69 Å². The second-order valence-electron chi connectivity index (χ2n) is 3.80. The van der Waals surface area contributed by atoms with Crippen molar-refractivity contribution < 1.29 is 19.2 Å². The summed E-state index contributed by atoms with van der Waals surface area (Å²) in [6.07, 6.45) is 0.534. The molecule has 0 saturated heterocycles. The van der Waals surface area contributed by atoms with Gasteiger partial charge in [0.1, 0.15) is 5.82 Å². The summed E-state index contributed by atoms with van der Waals surface area (Å²) in [4.78, 5) is 12.6. The molecule has 0 radical (unpaired) electrons. The van der Waals surface area contributed by atoms with Crippen LogP contribution in [0.5, 0.6) is 0 Å². The normalized spacial score (nSPS) is 13.9. The van der Waals surface area contributed by atoms with E-state index in [1.807, 2.05) is 0 Å². The Kier molecular flexibility index (Phi) is 2.69. The zero-order chi connectivity index (χ0) is 11.9. The number of halogens is 1. The average Bonchev–Trinajstić information content (AvgIpc) is 2.61. The van der Waals surface area contributed by atoms with Crippen LogP contribution in [0.3, 0.4) is 0 Å². The summed E-state index contributed by atoms with van der Waals surface area (Å²) in [6.45, 7) is 1.82. The molecule has 0 aromatic heterocycles. The fourth-order valence-corrected chi connectivity index (χ4v) is 1.98. The van der Waals surface area contributed by atoms with Gasteiger partial charge in [0.2, 0.25) is 5.91 Å². The molecule has 0 fully saturated rings. The Morgan fingerprint density at radius 2 is 2.19 bits per heavy atom. The quantitative estimate of drug-likeness (QED) is 0.626. The number of fused-ring (bicyclic) bond motifs is 1. The predicted octanol–water partition coefficient (Wildman–Crippen LogP) is -0.585. The number of amides is 1. The van der Waals surface area contributed by atoms with Crippen molar-refractivity contribution >= 4 is 24.2 Å². The van der Waals surface area contributed by atoms with Gasteiger partial charge in [0, 0.05) is 13.5 Å². The molecule has 2 N–H and O–H groups in total. The first-order valence-electron chi connectivity index (χ1n) is 4.97. The van der Waals surface area contributed by atoms with E-state index < -0.39 is 12.9 Å². The maximum atomic E-state index is 13.7. The number of hydrogen-bond donors (Lipinski definition) is 2. The smallest absolute Gasteiger partial charge is 0.423 e. The van der Waals surface area contributed by atoms with Crippen LogP contribution >= 0.6 is 0 Å². The summed E-state index contributed by atoms with van der Waals surface area (Å²) in [5.74, 6) is -0.803. The van der Waals surface area contributed by atoms with Crippen molar-refractivity contribution in [2.24, 2.45) is 0 Å². The lowest BCUT2D eigenvalue weighted by Crippen LogP contribution is -2.31. The van der Waals surface area contributed by atoms with Crippen LogP contribution in [-0.2, 0) is 11.2 Å². The number of benzene rings is 1. The van der Waals surface area contributed by atoms with E-state index in [2.05, 4.69) is 0 Å². The van der Waals surface area contributed by atoms with E-state index in [0.717, 1.165) is 6.07 Å². The number of nitrogens with zero attached hydrogens (tertiary/aromatic N) is 1. The van der Waals surface area contributed by atoms with Crippen LogP contribution in [0, 0.1) is 5.82 Å². The van der Waals surface area contributed by atoms with Crippen molar-refractivity contribution in [1.29, 1.82) is 0 Å². The molecule has 0 spiro atoms. The molecule has 1 heterocycles. The first kappa shape index (κ1) is 11.1. The zero-order valence-electron chi connectivity index (χ0n) is 8.77. The van der Waals surface area contributed by atoms with Crippen molar-refractivity contribution in [1.82, 2.24) is 0 Å². The number of carbonyl (C=O) groups excluding carboxylic acids is 1. The molecule has 0 saturated carbocycles. The minimum Gasteiger partial charge on any atom is -0.423 e. The highest BCUT2D eigenvalue weighted by molar-refractivity contribution is 6.58. The fourth-order valence-electron chi connectivity index (χ4n) is 1.98. The van der Waals surface area contributed by atoms with Gasteiger partial charge in [-0.05, 0) is 23.5 Å². The van der Waals surface area contributed by atoms with Crippen molar-refractivity contribution in [2.45, 2.75) is 13.3 Å². The second kappa shape index (κ2) is 3.88. The highest BCUT2D eigenvalue weighted by Crippen LogP contribution is 2.30. The third-order valence-electron chi connectivity index (χ3n) is 2.72. The van der Waals surface area contributed by atoms with E-state index in [0.29, 0.717) is 18.5 Å². The molecule has 0 unspecified atom stereocenters. The maximum Gasteiger partial charge on any atom is 0.488 e. The van der Waals surface area contributed by atoms with E-state index in [1.165, 1.54) is 17.9 Å². The predicted molar refractivity (Wildman–Crippen MR) is 58.0 cm³/mol. The van der Waals surface area contributed by atoms with Gasteiger partial charge in [-0.2, -0.15) is 0 Å². The second-order valence-corrected chi connectivity index (χ2v) is 3.80. The first-order chi connectivity index (χ1) is 7.50. The Labute approximate surface area is 92.5 Å². The molecular formula is C10H11BFNO3. The van der Waals surface area contributed by atoms with Gasteiger partial charge in [-0.1, -0.05) is 6.07 Å². The summed E-state index contributed by atoms with van der Waals surface area (Å²) < 4.78 is 13.7. The number of anilines is 1. The van der Waals surface area contributed by atoms with Crippen molar-refractivity contribution in [3.63, 3.8) is 0 Å². The van der Waals surface area contributed by atoms with Gasteiger partial charge in [-0.15, -0.1) is 0 Å². The third-order valence-corrected chi connectivity index (χ3v) is 2.72. The zero-order valence-corrected chi connectivity index (χ0v) is 8.77. The molecule has 0 atom stereocenters. The average molecular weight is 223 g/mol. The molecule has 4 nitrogen and oxygen atoms in total. The van der Waals surface area contributed by atoms with E-state index in [1.54, 1.807) is 0 Å². The molecule has 0 aliphatic carbocycles. The summed E-state index contributed by atoms with van der Waals surface area (Å²) in [6, 6.07) is 2.57. The summed E-state index contributed by atoms with van der Waals surface area (Å²) in [5.41, 5.74) is 1.01. The van der Waals surface area contributed by atoms with Crippen LogP contribution in [0.2, 0.25) is 0 Å². The SMILES string of the molecule is CC(=O)N1CCc2cc(B(O)O)cc(F)c21. The number of carbonyl (C=O) groups is 1. The van der Waals surface area contributed by atoms with E-state index in [4.69, 9.17) is 10.0 Å². The van der Waals surface area contributed by atoms with Gasteiger partial charge in [0.25, 0.3) is 0 Å². The van der Waals surface area contributed by atoms with Gasteiger partial charge < -0.3 is 14.9 Å². The Morgan fingerprint density at radius 1 is 1.50 bits per heavy atom. The van der Waals surface area contributed by atoms with Crippen molar-refractivity contribution in [2.75, 3.05) is 11.4 Å². The molecule has 6 heteroatoms. The highest BCUT2D eigenvalue weighted by atomic mass is 19.1. The Morgan fingerprint density at radius 3 is 2.75 bits per heavy atom. The van der Waals surface area contributed by atoms with Crippen LogP contribution in [0.15, 0.2) is 12.1 Å². The van der Waals surface area contributed by atoms with Crippen LogP contribution in [0.4, 0.5) is 10.1 Å². The fraction of sp³-hybridized carbons (Fsp3) is 0.300. The van der Waals surface area contributed by atoms with Crippen molar-refractivity contribution in [3.8, 4) is 0 Å². The van der Waals surface area contributed by atoms with Crippen LogP contribution in [-0.4, -0.2) is 29.6 Å². The topological polar surface area (TPSA) is 60.8 Å². The van der Waals surface area contributed by atoms with E-state index in [-0.39, 0.29) is 17.1 Å². The largest absolute Gasteiger partial charge is 0.488 e. The Bertz CT molecular complexity index is 450. The van der Waals surface area contributed by atoms with Gasteiger partial charge in [-0.25, -0.2) is 4.39 Å². The maximum absolute atomic E-state index is 13.7. The molecule has 1 amide bonds. The number of rotatable bonds is 1. The number of hydrogen-bond acceptors (Lipinski definition) is 3. The van der Waals surface area contributed by atoms with Gasteiger partial charge >= 0.3 is 7.12 Å². The lowest BCUT2D eigenvalue weighted by Gasteiger charge is -2.15. The van der Waals surface area contributed by atoms with E-state index in [9.17, 15) is 9.18 Å². The minimum absolute atomic E-state index is 0.113. The minimum atomic E-state index is -1.69. The summed E-state index contributed by atoms with van der Waals surface area (Å²) >= 11 is 0. The molecule has 1 aromatic carbocycles. The van der Waals surface area contributed by atoms with Crippen LogP contribution in [0.1, 0.15) is 12.5 Å². The van der Waals surface area contributed by atoms with Crippen LogP contribution in [0.25, 0.3) is 0 Å². The summed E-state index contributed by atoms with van der Waals surface area (Å²) in [7, 11) is -1.69. The molecule has 16 heavy (non-hydrogen) atoms. The Balaban J connectivity index is 2.50. The first-order valence-corrected chi connectivity index (χ1v) is 4.97.